The van der Waals surface area contributed by atoms with E-state index in [9.17, 15) is 0 Å². The van der Waals surface area contributed by atoms with Gasteiger partial charge in [0.2, 0.25) is 0 Å². The van der Waals surface area contributed by atoms with Crippen LogP contribution < -0.4 is 0 Å². The van der Waals surface area contributed by atoms with Crippen molar-refractivity contribution in [2.75, 3.05) is 13.2 Å². The molecule has 0 radical (unpaired) electrons. The molecular weight excluding hydrogens is 228 g/mol. The van der Waals surface area contributed by atoms with Gasteiger partial charge in [-0.05, 0) is 24.9 Å². The van der Waals surface area contributed by atoms with E-state index < -0.39 is 8.56 Å². The Labute approximate surface area is 108 Å². The molecule has 0 atom stereocenters. The van der Waals surface area contributed by atoms with Crippen molar-refractivity contribution in [2.24, 2.45) is 0 Å². The quantitative estimate of drug-likeness (QED) is 0.420. The van der Waals surface area contributed by atoms with Crippen molar-refractivity contribution in [1.29, 1.82) is 0 Å². The number of unbranched alkanes of at least 4 members (excludes halogenated alkanes) is 4. The number of hydrogen-bond donors (Lipinski definition) is 0. The van der Waals surface area contributed by atoms with Crippen LogP contribution in [-0.4, -0.2) is 21.8 Å². The topological polar surface area (TPSA) is 18.5 Å². The van der Waals surface area contributed by atoms with Gasteiger partial charge < -0.3 is 8.85 Å². The molecular formula is C14H30O2Si. The molecule has 1 rings (SSSR count). The molecule has 1 aliphatic heterocycles. The van der Waals surface area contributed by atoms with Crippen LogP contribution in [0.5, 0.6) is 0 Å². The molecule has 1 fully saturated rings. The van der Waals surface area contributed by atoms with Gasteiger partial charge in [-0.1, -0.05) is 52.4 Å². The van der Waals surface area contributed by atoms with E-state index in [-0.39, 0.29) is 0 Å². The molecule has 3 heteroatoms. The van der Waals surface area contributed by atoms with Crippen LogP contribution in [0.25, 0.3) is 0 Å². The summed E-state index contributed by atoms with van der Waals surface area (Å²) in [5, 5.41) is 0. The van der Waals surface area contributed by atoms with Gasteiger partial charge in [-0.2, -0.15) is 0 Å². The molecule has 1 aliphatic rings. The van der Waals surface area contributed by atoms with Gasteiger partial charge in [0.1, 0.15) is 0 Å². The molecule has 0 aliphatic carbocycles. The third-order valence-electron chi connectivity index (χ3n) is 3.59. The Hall–Kier alpha value is 0.137. The average molecular weight is 258 g/mol. The number of hydrogen-bond acceptors (Lipinski definition) is 2. The summed E-state index contributed by atoms with van der Waals surface area (Å²) < 4.78 is 12.4. The normalized spacial score (nSPS) is 18.7. The lowest BCUT2D eigenvalue weighted by atomic mass is 10.2. The van der Waals surface area contributed by atoms with Crippen molar-refractivity contribution in [3.8, 4) is 0 Å². The monoisotopic (exact) mass is 258 g/mol. The molecule has 1 heterocycles. The fraction of sp³-hybridized carbons (Fsp3) is 1.00. The Bertz CT molecular complexity index is 179. The minimum Gasteiger partial charge on any atom is -0.394 e. The Morgan fingerprint density at radius 2 is 1.35 bits per heavy atom. The zero-order valence-electron chi connectivity index (χ0n) is 11.8. The lowest BCUT2D eigenvalue weighted by Crippen LogP contribution is -2.39. The Balaban J connectivity index is 2.17. The van der Waals surface area contributed by atoms with Crippen molar-refractivity contribution in [1.82, 2.24) is 0 Å². The summed E-state index contributed by atoms with van der Waals surface area (Å²) in [6, 6.07) is 2.48. The maximum absolute atomic E-state index is 6.20. The first kappa shape index (κ1) is 15.2. The fourth-order valence-electron chi connectivity index (χ4n) is 2.43. The predicted octanol–water partition coefficient (Wildman–Crippen LogP) is 4.64. The SMILES string of the molecule is CCCCCCO[Si]1(OCCCC)CCCC1. The van der Waals surface area contributed by atoms with Gasteiger partial charge in [-0.3, -0.25) is 0 Å². The highest BCUT2D eigenvalue weighted by Gasteiger charge is 2.40. The van der Waals surface area contributed by atoms with Crippen LogP contribution in [0.15, 0.2) is 0 Å². The first-order valence-corrected chi connectivity index (χ1v) is 9.84. The Morgan fingerprint density at radius 1 is 0.765 bits per heavy atom. The largest absolute Gasteiger partial charge is 0.394 e. The van der Waals surface area contributed by atoms with E-state index in [4.69, 9.17) is 8.85 Å². The average Bonchev–Trinajstić information content (AvgIpc) is 2.79. The molecule has 0 amide bonds. The standard InChI is InChI=1S/C14H30O2Si/c1-3-5-7-8-12-16-17(13-9-10-14-17)15-11-6-4-2/h3-14H2,1-2H3. The Kier molecular flexibility index (Phi) is 8.15. The molecule has 2 nitrogen and oxygen atoms in total. The molecule has 0 spiro atoms. The lowest BCUT2D eigenvalue weighted by Gasteiger charge is -2.26. The van der Waals surface area contributed by atoms with Crippen molar-refractivity contribution >= 4 is 8.56 Å². The van der Waals surface area contributed by atoms with Crippen molar-refractivity contribution in [2.45, 2.75) is 77.3 Å². The highest BCUT2D eigenvalue weighted by Crippen LogP contribution is 2.32. The molecule has 0 bridgehead atoms. The zero-order valence-corrected chi connectivity index (χ0v) is 12.8. The second-order valence-corrected chi connectivity index (χ2v) is 8.63. The van der Waals surface area contributed by atoms with E-state index in [1.54, 1.807) is 0 Å². The van der Waals surface area contributed by atoms with Crippen LogP contribution in [0, 0.1) is 0 Å². The van der Waals surface area contributed by atoms with E-state index in [1.807, 2.05) is 0 Å². The summed E-state index contributed by atoms with van der Waals surface area (Å²) >= 11 is 0. The van der Waals surface area contributed by atoms with Gasteiger partial charge in [0.15, 0.2) is 0 Å². The third-order valence-corrected chi connectivity index (χ3v) is 7.28. The molecule has 0 unspecified atom stereocenters. The van der Waals surface area contributed by atoms with Gasteiger partial charge in [0.25, 0.3) is 0 Å². The fourth-order valence-corrected chi connectivity index (χ4v) is 5.95. The van der Waals surface area contributed by atoms with E-state index >= 15 is 0 Å². The maximum atomic E-state index is 6.20. The van der Waals surface area contributed by atoms with Gasteiger partial charge in [-0.25, -0.2) is 0 Å². The van der Waals surface area contributed by atoms with Gasteiger partial charge in [0.05, 0.1) is 0 Å². The van der Waals surface area contributed by atoms with E-state index in [2.05, 4.69) is 13.8 Å². The summed E-state index contributed by atoms with van der Waals surface area (Å²) in [5.41, 5.74) is 0. The smallest absolute Gasteiger partial charge is 0.338 e. The van der Waals surface area contributed by atoms with Crippen LogP contribution >= 0.6 is 0 Å². The number of rotatable bonds is 10. The molecule has 0 saturated carbocycles. The highest BCUT2D eigenvalue weighted by molar-refractivity contribution is 6.68. The Morgan fingerprint density at radius 3 is 1.94 bits per heavy atom. The van der Waals surface area contributed by atoms with Gasteiger partial charge >= 0.3 is 8.56 Å². The second-order valence-electron chi connectivity index (χ2n) is 5.23. The molecule has 0 aromatic carbocycles. The predicted molar refractivity (Wildman–Crippen MR) is 75.6 cm³/mol. The van der Waals surface area contributed by atoms with Crippen molar-refractivity contribution < 1.29 is 8.85 Å². The van der Waals surface area contributed by atoms with E-state index in [1.165, 1.54) is 63.5 Å². The van der Waals surface area contributed by atoms with E-state index in [0.717, 1.165) is 13.2 Å². The summed E-state index contributed by atoms with van der Waals surface area (Å²) in [5.74, 6) is 0. The molecule has 1 saturated heterocycles. The molecule has 0 aromatic heterocycles. The second kappa shape index (κ2) is 9.12. The maximum Gasteiger partial charge on any atom is 0.338 e. The van der Waals surface area contributed by atoms with Crippen molar-refractivity contribution in [3.05, 3.63) is 0 Å². The molecule has 17 heavy (non-hydrogen) atoms. The summed E-state index contributed by atoms with van der Waals surface area (Å²) in [6.45, 7) is 6.34. The van der Waals surface area contributed by atoms with E-state index in [0.29, 0.717) is 0 Å². The molecule has 0 aromatic rings. The van der Waals surface area contributed by atoms with Crippen LogP contribution in [0.3, 0.4) is 0 Å². The minimum atomic E-state index is -1.73. The van der Waals surface area contributed by atoms with Crippen molar-refractivity contribution in [3.63, 3.8) is 0 Å². The summed E-state index contributed by atoms with van der Waals surface area (Å²) in [6.07, 6.45) is 10.2. The third kappa shape index (κ3) is 6.02. The summed E-state index contributed by atoms with van der Waals surface area (Å²) in [4.78, 5) is 0. The van der Waals surface area contributed by atoms with Gasteiger partial charge in [-0.15, -0.1) is 0 Å². The summed E-state index contributed by atoms with van der Waals surface area (Å²) in [7, 11) is -1.73. The van der Waals surface area contributed by atoms with Crippen LogP contribution in [0.1, 0.15) is 65.2 Å². The molecule has 0 N–H and O–H groups in total. The minimum absolute atomic E-state index is 0.928. The first-order valence-electron chi connectivity index (χ1n) is 7.61. The zero-order chi connectivity index (χ0) is 12.4. The lowest BCUT2D eigenvalue weighted by molar-refractivity contribution is 0.167. The first-order chi connectivity index (χ1) is 8.33. The van der Waals surface area contributed by atoms with Crippen LogP contribution in [-0.2, 0) is 8.85 Å². The van der Waals surface area contributed by atoms with Crippen LogP contribution in [0.2, 0.25) is 12.1 Å². The highest BCUT2D eigenvalue weighted by atomic mass is 28.4. The van der Waals surface area contributed by atoms with Gasteiger partial charge in [0, 0.05) is 13.2 Å². The van der Waals surface area contributed by atoms with Crippen LogP contribution in [0.4, 0.5) is 0 Å². The molecule has 102 valence electrons.